The molecule has 0 aliphatic heterocycles. The van der Waals surface area contributed by atoms with Gasteiger partial charge in [0.1, 0.15) is 0 Å². The van der Waals surface area contributed by atoms with Crippen LogP contribution in [-0.4, -0.2) is 37.0 Å². The molecule has 8 nitrogen and oxygen atoms in total. The van der Waals surface area contributed by atoms with Crippen molar-refractivity contribution in [1.29, 1.82) is 0 Å². The maximum Gasteiger partial charge on any atom is 0.240 e. The number of aromatic nitrogens is 3. The zero-order chi connectivity index (χ0) is 14.6. The Kier molecular flexibility index (Phi) is 4.20. The zero-order valence-electron chi connectivity index (χ0n) is 10.9. The van der Waals surface area contributed by atoms with Gasteiger partial charge in [0.05, 0.1) is 29.0 Å². The summed E-state index contributed by atoms with van der Waals surface area (Å²) in [7, 11) is -2.12. The van der Waals surface area contributed by atoms with E-state index in [9.17, 15) is 8.42 Å². The molecule has 0 amide bonds. The maximum absolute atomic E-state index is 11.6. The Morgan fingerprint density at radius 1 is 1.40 bits per heavy atom. The number of hydrogen-bond acceptors (Lipinski definition) is 6. The van der Waals surface area contributed by atoms with Crippen molar-refractivity contribution in [3.05, 3.63) is 30.6 Å². The van der Waals surface area contributed by atoms with Gasteiger partial charge in [-0.1, -0.05) is 5.21 Å². The molecule has 0 unspecified atom stereocenters. The van der Waals surface area contributed by atoms with Crippen molar-refractivity contribution in [3.63, 3.8) is 0 Å². The van der Waals surface area contributed by atoms with Crippen molar-refractivity contribution in [2.75, 3.05) is 24.6 Å². The van der Waals surface area contributed by atoms with E-state index in [2.05, 4.69) is 20.4 Å². The third-order valence-electron chi connectivity index (χ3n) is 2.73. The van der Waals surface area contributed by atoms with Gasteiger partial charge in [-0.25, -0.2) is 13.1 Å². The molecule has 0 bridgehead atoms. The fraction of sp³-hybridized carbons (Fsp3) is 0.273. The number of anilines is 2. The Morgan fingerprint density at radius 2 is 2.20 bits per heavy atom. The minimum atomic E-state index is -3.47. The third-order valence-corrected chi connectivity index (χ3v) is 4.14. The maximum atomic E-state index is 11.6. The topological polar surface area (TPSA) is 115 Å². The van der Waals surface area contributed by atoms with Crippen molar-refractivity contribution < 1.29 is 8.42 Å². The molecular formula is C11H16N6O2S. The Morgan fingerprint density at radius 3 is 2.80 bits per heavy atom. The summed E-state index contributed by atoms with van der Waals surface area (Å²) in [6.45, 7) is 1.24. The molecule has 0 saturated heterocycles. The molecule has 2 aromatic rings. The highest BCUT2D eigenvalue weighted by molar-refractivity contribution is 7.89. The molecule has 0 atom stereocenters. The smallest absolute Gasteiger partial charge is 0.240 e. The first-order chi connectivity index (χ1) is 9.53. The lowest BCUT2D eigenvalue weighted by atomic mass is 10.2. The van der Waals surface area contributed by atoms with Crippen molar-refractivity contribution in [2.24, 2.45) is 0 Å². The van der Waals surface area contributed by atoms with Crippen LogP contribution in [0.2, 0.25) is 0 Å². The highest BCUT2D eigenvalue weighted by atomic mass is 32.2. The molecule has 0 radical (unpaired) electrons. The van der Waals surface area contributed by atoms with E-state index >= 15 is 0 Å². The Bertz CT molecular complexity index is 668. The van der Waals surface area contributed by atoms with E-state index < -0.39 is 10.0 Å². The predicted molar refractivity (Wildman–Crippen MR) is 75.6 cm³/mol. The molecule has 1 aromatic heterocycles. The molecule has 0 aliphatic carbocycles. The van der Waals surface area contributed by atoms with Crippen LogP contribution in [0.4, 0.5) is 11.4 Å². The fourth-order valence-electron chi connectivity index (χ4n) is 1.64. The molecule has 0 fully saturated rings. The van der Waals surface area contributed by atoms with Crippen molar-refractivity contribution in [2.45, 2.75) is 11.4 Å². The number of sulfonamides is 1. The van der Waals surface area contributed by atoms with Gasteiger partial charge in [-0.3, -0.25) is 4.68 Å². The lowest BCUT2D eigenvalue weighted by Crippen LogP contribution is -2.19. The second kappa shape index (κ2) is 5.88. The first-order valence-corrected chi connectivity index (χ1v) is 7.42. The highest BCUT2D eigenvalue weighted by Crippen LogP contribution is 2.22. The van der Waals surface area contributed by atoms with Gasteiger partial charge in [-0.05, 0) is 25.2 Å². The van der Waals surface area contributed by atoms with E-state index in [-0.39, 0.29) is 4.90 Å². The van der Waals surface area contributed by atoms with Crippen LogP contribution in [0.25, 0.3) is 0 Å². The number of nitrogens with zero attached hydrogens (tertiary/aromatic N) is 3. The molecule has 0 aliphatic rings. The SMILES string of the molecule is CNS(=O)(=O)c1ccc(NCCn2ccnn2)c(N)c1. The van der Waals surface area contributed by atoms with Crippen molar-refractivity contribution >= 4 is 21.4 Å². The summed E-state index contributed by atoms with van der Waals surface area (Å²) in [4.78, 5) is 0.138. The number of benzene rings is 1. The van der Waals surface area contributed by atoms with Crippen molar-refractivity contribution in [3.8, 4) is 0 Å². The molecule has 4 N–H and O–H groups in total. The van der Waals surface area contributed by atoms with Crippen LogP contribution in [-0.2, 0) is 16.6 Å². The number of nitrogen functional groups attached to an aromatic ring is 1. The largest absolute Gasteiger partial charge is 0.397 e. The number of nitrogens with two attached hydrogens (primary N) is 1. The molecule has 1 heterocycles. The van der Waals surface area contributed by atoms with E-state index in [4.69, 9.17) is 5.73 Å². The summed E-state index contributed by atoms with van der Waals surface area (Å²) in [5.74, 6) is 0. The first kappa shape index (κ1) is 14.3. The van der Waals surface area contributed by atoms with Gasteiger partial charge in [-0.15, -0.1) is 5.10 Å². The van der Waals surface area contributed by atoms with E-state index in [1.807, 2.05) is 0 Å². The summed E-state index contributed by atoms with van der Waals surface area (Å²) in [6.07, 6.45) is 3.36. The Hall–Kier alpha value is -2.13. The van der Waals surface area contributed by atoms with Gasteiger partial charge in [0.15, 0.2) is 0 Å². The van der Waals surface area contributed by atoms with Gasteiger partial charge in [-0.2, -0.15) is 0 Å². The fourth-order valence-corrected chi connectivity index (χ4v) is 2.41. The van der Waals surface area contributed by atoms with Gasteiger partial charge in [0.25, 0.3) is 0 Å². The minimum absolute atomic E-state index is 0.138. The van der Waals surface area contributed by atoms with Crippen LogP contribution in [0, 0.1) is 0 Å². The Balaban J connectivity index is 2.03. The lowest BCUT2D eigenvalue weighted by Gasteiger charge is -2.11. The lowest BCUT2D eigenvalue weighted by molar-refractivity contribution is 0.588. The minimum Gasteiger partial charge on any atom is -0.397 e. The van der Waals surface area contributed by atoms with E-state index in [0.717, 1.165) is 0 Å². The molecule has 2 rings (SSSR count). The normalized spacial score (nSPS) is 11.4. The summed E-state index contributed by atoms with van der Waals surface area (Å²) < 4.78 is 27.2. The average Bonchev–Trinajstić information content (AvgIpc) is 2.93. The zero-order valence-corrected chi connectivity index (χ0v) is 11.8. The highest BCUT2D eigenvalue weighted by Gasteiger charge is 2.12. The van der Waals surface area contributed by atoms with Crippen LogP contribution >= 0.6 is 0 Å². The molecular weight excluding hydrogens is 280 g/mol. The molecule has 0 saturated carbocycles. The van der Waals surface area contributed by atoms with Crippen LogP contribution in [0.5, 0.6) is 0 Å². The molecule has 20 heavy (non-hydrogen) atoms. The van der Waals surface area contributed by atoms with Crippen LogP contribution in [0.15, 0.2) is 35.5 Å². The van der Waals surface area contributed by atoms with E-state index in [0.29, 0.717) is 24.5 Å². The van der Waals surface area contributed by atoms with Crippen molar-refractivity contribution in [1.82, 2.24) is 19.7 Å². The van der Waals surface area contributed by atoms with E-state index in [1.54, 1.807) is 23.1 Å². The quantitative estimate of drug-likeness (QED) is 0.640. The van der Waals surface area contributed by atoms with Crippen LogP contribution in [0.1, 0.15) is 0 Å². The van der Waals surface area contributed by atoms with Crippen LogP contribution < -0.4 is 15.8 Å². The van der Waals surface area contributed by atoms with Gasteiger partial charge in [0, 0.05) is 12.7 Å². The monoisotopic (exact) mass is 296 g/mol. The summed E-state index contributed by atoms with van der Waals surface area (Å²) in [6, 6.07) is 4.56. The Labute approximate surface area is 117 Å². The summed E-state index contributed by atoms with van der Waals surface area (Å²) >= 11 is 0. The number of hydrogen-bond donors (Lipinski definition) is 3. The van der Waals surface area contributed by atoms with Gasteiger partial charge in [0.2, 0.25) is 10.0 Å². The second-order valence-electron chi connectivity index (χ2n) is 4.05. The van der Waals surface area contributed by atoms with Gasteiger partial charge < -0.3 is 11.1 Å². The standard InChI is InChI=1S/C11H16N6O2S/c1-13-20(18,19)9-2-3-11(10(12)8-9)14-4-6-17-7-5-15-16-17/h2-3,5,7-8,13-14H,4,6,12H2,1H3. The molecule has 9 heteroatoms. The molecule has 1 aromatic carbocycles. The number of rotatable bonds is 6. The van der Waals surface area contributed by atoms with Crippen LogP contribution in [0.3, 0.4) is 0 Å². The summed E-state index contributed by atoms with van der Waals surface area (Å²) in [5, 5.41) is 10.7. The first-order valence-electron chi connectivity index (χ1n) is 5.94. The molecule has 108 valence electrons. The number of nitrogens with one attached hydrogen (secondary N) is 2. The molecule has 0 spiro atoms. The predicted octanol–water partition coefficient (Wildman–Crippen LogP) is -0.119. The van der Waals surface area contributed by atoms with E-state index in [1.165, 1.54) is 19.2 Å². The van der Waals surface area contributed by atoms with Gasteiger partial charge >= 0.3 is 0 Å². The second-order valence-corrected chi connectivity index (χ2v) is 5.94. The third kappa shape index (κ3) is 3.25. The summed E-state index contributed by atoms with van der Waals surface area (Å²) in [5.41, 5.74) is 6.90. The average molecular weight is 296 g/mol.